The van der Waals surface area contributed by atoms with E-state index in [2.05, 4.69) is 15.2 Å². The lowest BCUT2D eigenvalue weighted by atomic mass is 10.1. The molecule has 8 nitrogen and oxygen atoms in total. The normalized spacial score (nSPS) is 14.3. The van der Waals surface area contributed by atoms with Gasteiger partial charge in [0, 0.05) is 24.8 Å². The molecule has 0 unspecified atom stereocenters. The van der Waals surface area contributed by atoms with Crippen LogP contribution in [0.3, 0.4) is 0 Å². The molecule has 9 heteroatoms. The standard InChI is InChI=1S/C23H29N5O3S/c1-14(2)28-21(30)19-20(25-22(32-19)26-8-6-5-7-9-26)27(23(28)31)13-18(29)24-17-11-15(3)10-16(4)12-17/h10-12,14H,5-9,13H2,1-4H3,(H,24,29). The van der Waals surface area contributed by atoms with Gasteiger partial charge in [0.1, 0.15) is 11.2 Å². The zero-order valence-corrected chi connectivity index (χ0v) is 19.8. The molecule has 0 spiro atoms. The Morgan fingerprint density at radius 3 is 2.38 bits per heavy atom. The van der Waals surface area contributed by atoms with Crippen molar-refractivity contribution in [3.05, 3.63) is 50.2 Å². The molecule has 32 heavy (non-hydrogen) atoms. The van der Waals surface area contributed by atoms with Crippen molar-refractivity contribution in [2.75, 3.05) is 23.3 Å². The molecule has 0 saturated carbocycles. The van der Waals surface area contributed by atoms with Crippen LogP contribution in [0.15, 0.2) is 27.8 Å². The Kier molecular flexibility index (Phi) is 6.19. The highest BCUT2D eigenvalue weighted by Gasteiger charge is 2.23. The van der Waals surface area contributed by atoms with Crippen LogP contribution in [0.1, 0.15) is 50.3 Å². The fourth-order valence-corrected chi connectivity index (χ4v) is 5.31. The van der Waals surface area contributed by atoms with Gasteiger partial charge >= 0.3 is 5.69 Å². The van der Waals surface area contributed by atoms with Crippen molar-refractivity contribution in [3.63, 3.8) is 0 Å². The lowest BCUT2D eigenvalue weighted by molar-refractivity contribution is -0.116. The molecule has 1 amide bonds. The Balaban J connectivity index is 1.76. The molecule has 0 atom stereocenters. The summed E-state index contributed by atoms with van der Waals surface area (Å²) in [4.78, 5) is 46.0. The van der Waals surface area contributed by atoms with Gasteiger partial charge in [-0.05, 0) is 70.2 Å². The largest absolute Gasteiger partial charge is 0.348 e. The number of anilines is 2. The van der Waals surface area contributed by atoms with E-state index in [1.165, 1.54) is 26.9 Å². The highest BCUT2D eigenvalue weighted by molar-refractivity contribution is 7.22. The van der Waals surface area contributed by atoms with Gasteiger partial charge in [0.05, 0.1) is 0 Å². The highest BCUT2D eigenvalue weighted by Crippen LogP contribution is 2.28. The van der Waals surface area contributed by atoms with Crippen LogP contribution in [0.25, 0.3) is 10.3 Å². The lowest BCUT2D eigenvalue weighted by Gasteiger charge is -2.25. The topological polar surface area (TPSA) is 89.2 Å². The summed E-state index contributed by atoms with van der Waals surface area (Å²) in [6.07, 6.45) is 3.35. The molecule has 1 N–H and O–H groups in total. The second-order valence-corrected chi connectivity index (χ2v) is 9.74. The number of benzene rings is 1. The first kappa shape index (κ1) is 22.3. The molecule has 1 aliphatic heterocycles. The van der Waals surface area contributed by atoms with Crippen LogP contribution in [0.4, 0.5) is 10.8 Å². The Hall–Kier alpha value is -2.94. The van der Waals surface area contributed by atoms with E-state index in [1.807, 2.05) is 32.0 Å². The molecule has 0 radical (unpaired) electrons. The summed E-state index contributed by atoms with van der Waals surface area (Å²) in [6.45, 7) is 9.07. The number of rotatable bonds is 5. The monoisotopic (exact) mass is 455 g/mol. The third-order valence-electron chi connectivity index (χ3n) is 5.65. The van der Waals surface area contributed by atoms with Crippen molar-refractivity contribution in [2.45, 2.75) is 59.5 Å². The van der Waals surface area contributed by atoms with Crippen LogP contribution in [0.2, 0.25) is 0 Å². The average Bonchev–Trinajstić information content (AvgIpc) is 3.16. The zero-order valence-electron chi connectivity index (χ0n) is 19.0. The minimum atomic E-state index is -0.511. The Morgan fingerprint density at radius 1 is 1.09 bits per heavy atom. The van der Waals surface area contributed by atoms with Gasteiger partial charge in [-0.3, -0.25) is 18.7 Å². The first-order valence-electron chi connectivity index (χ1n) is 11.0. The molecule has 170 valence electrons. The Morgan fingerprint density at radius 2 is 1.75 bits per heavy atom. The Bertz CT molecular complexity index is 1260. The summed E-state index contributed by atoms with van der Waals surface area (Å²) in [5.74, 6) is -0.333. The number of fused-ring (bicyclic) bond motifs is 1. The van der Waals surface area contributed by atoms with Crippen molar-refractivity contribution in [1.29, 1.82) is 0 Å². The van der Waals surface area contributed by atoms with Gasteiger partial charge in [0.2, 0.25) is 5.91 Å². The maximum absolute atomic E-state index is 13.2. The fraction of sp³-hybridized carbons (Fsp3) is 0.478. The van der Waals surface area contributed by atoms with E-state index in [1.54, 1.807) is 13.8 Å². The van der Waals surface area contributed by atoms with Gasteiger partial charge in [0.25, 0.3) is 5.56 Å². The van der Waals surface area contributed by atoms with E-state index in [9.17, 15) is 14.4 Å². The van der Waals surface area contributed by atoms with Crippen molar-refractivity contribution in [2.24, 2.45) is 0 Å². The summed E-state index contributed by atoms with van der Waals surface area (Å²) >= 11 is 1.31. The quantitative estimate of drug-likeness (QED) is 0.637. The number of nitrogens with one attached hydrogen (secondary N) is 1. The smallest absolute Gasteiger partial charge is 0.333 e. The van der Waals surface area contributed by atoms with Crippen LogP contribution in [-0.2, 0) is 11.3 Å². The van der Waals surface area contributed by atoms with Gasteiger partial charge in [0.15, 0.2) is 10.8 Å². The predicted molar refractivity (Wildman–Crippen MR) is 129 cm³/mol. The van der Waals surface area contributed by atoms with Gasteiger partial charge in [-0.2, -0.15) is 0 Å². The van der Waals surface area contributed by atoms with Gasteiger partial charge < -0.3 is 10.2 Å². The summed E-state index contributed by atoms with van der Waals surface area (Å²) in [5.41, 5.74) is 2.20. The Labute approximate surface area is 190 Å². The summed E-state index contributed by atoms with van der Waals surface area (Å²) in [5, 5.41) is 3.61. The molecule has 1 aliphatic rings. The number of carbonyl (C=O) groups excluding carboxylic acids is 1. The number of piperidine rings is 1. The lowest BCUT2D eigenvalue weighted by Crippen LogP contribution is -2.42. The SMILES string of the molecule is Cc1cc(C)cc(NC(=O)Cn2c(=O)n(C(C)C)c(=O)c3sc(N4CCCCC4)nc32)c1. The first-order valence-corrected chi connectivity index (χ1v) is 11.8. The second-order valence-electron chi connectivity index (χ2n) is 8.76. The van der Waals surface area contributed by atoms with E-state index >= 15 is 0 Å². The summed E-state index contributed by atoms with van der Waals surface area (Å²) in [6, 6.07) is 5.47. The van der Waals surface area contributed by atoms with Crippen molar-refractivity contribution in [1.82, 2.24) is 14.1 Å². The number of aromatic nitrogens is 3. The minimum Gasteiger partial charge on any atom is -0.348 e. The van der Waals surface area contributed by atoms with E-state index in [4.69, 9.17) is 0 Å². The molecular formula is C23H29N5O3S. The fourth-order valence-electron chi connectivity index (χ4n) is 4.25. The zero-order chi connectivity index (χ0) is 23.0. The highest BCUT2D eigenvalue weighted by atomic mass is 32.1. The molecule has 4 rings (SSSR count). The van der Waals surface area contributed by atoms with Crippen LogP contribution in [0.5, 0.6) is 0 Å². The second kappa shape index (κ2) is 8.90. The van der Waals surface area contributed by atoms with Gasteiger partial charge in [-0.1, -0.05) is 17.4 Å². The molecule has 0 aliphatic carbocycles. The molecule has 3 heterocycles. The van der Waals surface area contributed by atoms with Crippen LogP contribution in [0, 0.1) is 13.8 Å². The molecule has 0 bridgehead atoms. The number of aryl methyl sites for hydroxylation is 2. The number of hydrogen-bond donors (Lipinski definition) is 1. The average molecular weight is 456 g/mol. The first-order chi connectivity index (χ1) is 15.2. The van der Waals surface area contributed by atoms with Crippen molar-refractivity contribution >= 4 is 38.4 Å². The van der Waals surface area contributed by atoms with E-state index in [0.29, 0.717) is 10.4 Å². The molecular weight excluding hydrogens is 426 g/mol. The molecule has 2 aromatic heterocycles. The van der Waals surface area contributed by atoms with E-state index in [-0.39, 0.29) is 29.7 Å². The van der Waals surface area contributed by atoms with Crippen molar-refractivity contribution in [3.8, 4) is 0 Å². The maximum atomic E-state index is 13.2. The van der Waals surface area contributed by atoms with E-state index < -0.39 is 5.69 Å². The number of carbonyl (C=O) groups is 1. The predicted octanol–water partition coefficient (Wildman–Crippen LogP) is 3.45. The third kappa shape index (κ3) is 4.34. The number of nitrogens with zero attached hydrogens (tertiary/aromatic N) is 4. The van der Waals surface area contributed by atoms with Crippen LogP contribution >= 0.6 is 11.3 Å². The summed E-state index contributed by atoms with van der Waals surface area (Å²) < 4.78 is 2.96. The van der Waals surface area contributed by atoms with Gasteiger partial charge in [-0.15, -0.1) is 0 Å². The number of amides is 1. The third-order valence-corrected chi connectivity index (χ3v) is 6.75. The van der Waals surface area contributed by atoms with Crippen LogP contribution in [-0.4, -0.2) is 33.1 Å². The molecule has 1 saturated heterocycles. The minimum absolute atomic E-state index is 0.210. The van der Waals surface area contributed by atoms with Crippen LogP contribution < -0.4 is 21.5 Å². The van der Waals surface area contributed by atoms with Gasteiger partial charge in [-0.25, -0.2) is 9.78 Å². The molecule has 3 aromatic rings. The molecule has 1 aromatic carbocycles. The van der Waals surface area contributed by atoms with Crippen molar-refractivity contribution < 1.29 is 4.79 Å². The maximum Gasteiger partial charge on any atom is 0.333 e. The number of thiazole rings is 1. The summed E-state index contributed by atoms with van der Waals surface area (Å²) in [7, 11) is 0. The molecule has 1 fully saturated rings. The number of hydrogen-bond acceptors (Lipinski definition) is 6. The van der Waals surface area contributed by atoms with E-state index in [0.717, 1.165) is 42.2 Å².